The molecule has 1 aliphatic rings. The summed E-state index contributed by atoms with van der Waals surface area (Å²) >= 11 is 0. The van der Waals surface area contributed by atoms with Crippen molar-refractivity contribution in [1.82, 2.24) is 0 Å². The van der Waals surface area contributed by atoms with Crippen LogP contribution in [0.25, 0.3) is 0 Å². The fraction of sp³-hybridized carbons (Fsp3) is 1.00. The van der Waals surface area contributed by atoms with Gasteiger partial charge in [0.25, 0.3) is 0 Å². The molecule has 0 radical (unpaired) electrons. The van der Waals surface area contributed by atoms with Gasteiger partial charge in [-0.1, -0.05) is 6.92 Å². The summed E-state index contributed by atoms with van der Waals surface area (Å²) in [5, 5.41) is 0. The lowest BCUT2D eigenvalue weighted by Gasteiger charge is -2.27. The second kappa shape index (κ2) is 8.93. The summed E-state index contributed by atoms with van der Waals surface area (Å²) in [6.45, 7) is 4.96. The highest BCUT2D eigenvalue weighted by molar-refractivity contribution is 4.62. The summed E-state index contributed by atoms with van der Waals surface area (Å²) in [6, 6.07) is 0. The van der Waals surface area contributed by atoms with E-state index in [1.807, 2.05) is 0 Å². The zero-order chi connectivity index (χ0) is 11.6. The molecule has 0 aromatic rings. The summed E-state index contributed by atoms with van der Waals surface area (Å²) in [4.78, 5) is 0. The minimum atomic E-state index is -0.0458. The molecule has 2 unspecified atom stereocenters. The van der Waals surface area contributed by atoms with Crippen molar-refractivity contribution in [3.8, 4) is 0 Å². The Morgan fingerprint density at radius 3 is 2.94 bits per heavy atom. The molecule has 1 aliphatic heterocycles. The van der Waals surface area contributed by atoms with E-state index in [4.69, 9.17) is 19.9 Å². The quantitative estimate of drug-likeness (QED) is 0.646. The van der Waals surface area contributed by atoms with E-state index in [1.165, 1.54) is 6.42 Å². The summed E-state index contributed by atoms with van der Waals surface area (Å²) in [5.41, 5.74) is 5.56. The lowest BCUT2D eigenvalue weighted by atomic mass is 10.2. The van der Waals surface area contributed by atoms with Crippen LogP contribution in [-0.4, -0.2) is 38.8 Å². The van der Waals surface area contributed by atoms with Gasteiger partial charge >= 0.3 is 0 Å². The molecule has 96 valence electrons. The Kier molecular flexibility index (Phi) is 7.76. The van der Waals surface area contributed by atoms with E-state index in [0.29, 0.717) is 13.2 Å². The van der Waals surface area contributed by atoms with Crippen molar-refractivity contribution in [1.29, 1.82) is 0 Å². The van der Waals surface area contributed by atoms with Crippen molar-refractivity contribution in [2.75, 3.05) is 26.4 Å². The maximum absolute atomic E-state index is 5.85. The standard InChI is InChI=1S/C12H25NO3/c1-2-8-14-10-11(6-7-13)16-12-5-3-4-9-15-12/h11-12H,2-10,13H2,1H3. The van der Waals surface area contributed by atoms with Crippen LogP contribution in [0, 0.1) is 0 Å². The van der Waals surface area contributed by atoms with Crippen molar-refractivity contribution < 1.29 is 14.2 Å². The van der Waals surface area contributed by atoms with Crippen LogP contribution in [0.4, 0.5) is 0 Å². The molecule has 0 amide bonds. The minimum absolute atomic E-state index is 0.0458. The van der Waals surface area contributed by atoms with Crippen LogP contribution in [0.15, 0.2) is 0 Å². The van der Waals surface area contributed by atoms with Gasteiger partial charge in [-0.05, 0) is 38.6 Å². The Morgan fingerprint density at radius 1 is 1.44 bits per heavy atom. The van der Waals surface area contributed by atoms with Crippen molar-refractivity contribution in [3.05, 3.63) is 0 Å². The third-order valence-corrected chi connectivity index (χ3v) is 2.62. The van der Waals surface area contributed by atoms with Crippen LogP contribution in [-0.2, 0) is 14.2 Å². The average molecular weight is 231 g/mol. The topological polar surface area (TPSA) is 53.7 Å². The Hall–Kier alpha value is -0.160. The van der Waals surface area contributed by atoms with E-state index < -0.39 is 0 Å². The molecule has 1 heterocycles. The third-order valence-electron chi connectivity index (χ3n) is 2.62. The number of rotatable bonds is 8. The van der Waals surface area contributed by atoms with Crippen LogP contribution >= 0.6 is 0 Å². The Labute approximate surface area is 98.4 Å². The molecular formula is C12H25NO3. The van der Waals surface area contributed by atoms with Crippen molar-refractivity contribution in [2.24, 2.45) is 5.73 Å². The first-order valence-corrected chi connectivity index (χ1v) is 6.41. The fourth-order valence-corrected chi connectivity index (χ4v) is 1.77. The van der Waals surface area contributed by atoms with Gasteiger partial charge in [-0.2, -0.15) is 0 Å². The van der Waals surface area contributed by atoms with Crippen LogP contribution in [0.1, 0.15) is 39.0 Å². The van der Waals surface area contributed by atoms with Crippen molar-refractivity contribution in [2.45, 2.75) is 51.4 Å². The molecule has 0 bridgehead atoms. The predicted octanol–water partition coefficient (Wildman–Crippen LogP) is 1.67. The Bertz CT molecular complexity index is 160. The van der Waals surface area contributed by atoms with Gasteiger partial charge in [0.1, 0.15) is 0 Å². The number of ether oxygens (including phenoxy) is 3. The van der Waals surface area contributed by atoms with E-state index in [1.54, 1.807) is 0 Å². The average Bonchev–Trinajstić information content (AvgIpc) is 2.31. The first-order valence-electron chi connectivity index (χ1n) is 6.41. The molecule has 1 saturated heterocycles. The highest BCUT2D eigenvalue weighted by Crippen LogP contribution is 2.16. The van der Waals surface area contributed by atoms with Gasteiger partial charge in [0.15, 0.2) is 6.29 Å². The molecule has 0 aliphatic carbocycles. The van der Waals surface area contributed by atoms with E-state index in [9.17, 15) is 0 Å². The van der Waals surface area contributed by atoms with E-state index in [2.05, 4.69) is 6.92 Å². The predicted molar refractivity (Wildman–Crippen MR) is 63.2 cm³/mol. The summed E-state index contributed by atoms with van der Waals surface area (Å²) in [7, 11) is 0. The molecule has 16 heavy (non-hydrogen) atoms. The highest BCUT2D eigenvalue weighted by Gasteiger charge is 2.19. The van der Waals surface area contributed by atoms with E-state index in [-0.39, 0.29) is 12.4 Å². The van der Waals surface area contributed by atoms with Gasteiger partial charge < -0.3 is 19.9 Å². The fourth-order valence-electron chi connectivity index (χ4n) is 1.77. The second-order valence-corrected chi connectivity index (χ2v) is 4.21. The Balaban J connectivity index is 2.19. The minimum Gasteiger partial charge on any atom is -0.379 e. The normalized spacial score (nSPS) is 23.2. The Morgan fingerprint density at radius 2 is 2.31 bits per heavy atom. The number of nitrogens with two attached hydrogens (primary N) is 1. The maximum atomic E-state index is 5.85. The van der Waals surface area contributed by atoms with Gasteiger partial charge in [-0.3, -0.25) is 0 Å². The maximum Gasteiger partial charge on any atom is 0.158 e. The molecule has 0 spiro atoms. The monoisotopic (exact) mass is 231 g/mol. The van der Waals surface area contributed by atoms with Crippen LogP contribution in [0.3, 0.4) is 0 Å². The SMILES string of the molecule is CCCOCC(CCN)OC1CCCCO1. The smallest absolute Gasteiger partial charge is 0.158 e. The van der Waals surface area contributed by atoms with E-state index >= 15 is 0 Å². The van der Waals surface area contributed by atoms with Gasteiger partial charge in [-0.15, -0.1) is 0 Å². The first-order chi connectivity index (χ1) is 7.86. The third kappa shape index (κ3) is 5.80. The van der Waals surface area contributed by atoms with Gasteiger partial charge in [0.05, 0.1) is 12.7 Å². The van der Waals surface area contributed by atoms with Gasteiger partial charge in [0, 0.05) is 13.2 Å². The number of hydrogen-bond acceptors (Lipinski definition) is 4. The van der Waals surface area contributed by atoms with Crippen molar-refractivity contribution in [3.63, 3.8) is 0 Å². The molecule has 0 aromatic carbocycles. The molecule has 4 nitrogen and oxygen atoms in total. The molecule has 2 N–H and O–H groups in total. The second-order valence-electron chi connectivity index (χ2n) is 4.21. The lowest BCUT2D eigenvalue weighted by molar-refractivity contribution is -0.198. The molecule has 0 saturated carbocycles. The highest BCUT2D eigenvalue weighted by atomic mass is 16.7. The molecule has 4 heteroatoms. The molecular weight excluding hydrogens is 206 g/mol. The largest absolute Gasteiger partial charge is 0.379 e. The van der Waals surface area contributed by atoms with Crippen LogP contribution in [0.2, 0.25) is 0 Å². The zero-order valence-corrected chi connectivity index (χ0v) is 10.3. The molecule has 2 atom stereocenters. The lowest BCUT2D eigenvalue weighted by Crippen LogP contribution is -2.32. The van der Waals surface area contributed by atoms with Crippen LogP contribution in [0.5, 0.6) is 0 Å². The first kappa shape index (κ1) is 13.9. The summed E-state index contributed by atoms with van der Waals surface area (Å²) < 4.78 is 16.9. The summed E-state index contributed by atoms with van der Waals surface area (Å²) in [6.07, 6.45) is 5.24. The van der Waals surface area contributed by atoms with Gasteiger partial charge in [-0.25, -0.2) is 0 Å². The molecule has 1 rings (SSSR count). The summed E-state index contributed by atoms with van der Waals surface area (Å²) in [5.74, 6) is 0. The molecule has 0 aromatic heterocycles. The van der Waals surface area contributed by atoms with Crippen LogP contribution < -0.4 is 5.73 Å². The van der Waals surface area contributed by atoms with E-state index in [0.717, 1.165) is 38.9 Å². The number of hydrogen-bond donors (Lipinski definition) is 1. The van der Waals surface area contributed by atoms with Crippen molar-refractivity contribution >= 4 is 0 Å². The zero-order valence-electron chi connectivity index (χ0n) is 10.3. The van der Waals surface area contributed by atoms with Gasteiger partial charge in [0.2, 0.25) is 0 Å². The molecule has 1 fully saturated rings.